The molecule has 182 valence electrons. The molecule has 0 unspecified atom stereocenters. The molecular formula is C20H23Cl2F3N4O4. The first kappa shape index (κ1) is 25.5. The molecule has 0 aromatic heterocycles. The van der Waals surface area contributed by atoms with Crippen molar-refractivity contribution in [1.29, 1.82) is 0 Å². The van der Waals surface area contributed by atoms with Crippen molar-refractivity contribution in [3.63, 3.8) is 0 Å². The fourth-order valence-electron chi connectivity index (χ4n) is 3.95. The van der Waals surface area contributed by atoms with Gasteiger partial charge in [0.05, 0.1) is 16.6 Å². The largest absolute Gasteiger partial charge is 0.491 e. The number of benzene rings is 1. The Morgan fingerprint density at radius 1 is 1.21 bits per heavy atom. The molecule has 1 aromatic rings. The average Bonchev–Trinajstić information content (AvgIpc) is 2.76. The summed E-state index contributed by atoms with van der Waals surface area (Å²) >= 11 is 11.9. The number of carbonyl (C=O) groups is 3. The predicted molar refractivity (Wildman–Crippen MR) is 114 cm³/mol. The van der Waals surface area contributed by atoms with Gasteiger partial charge < -0.3 is 20.3 Å². The molecule has 33 heavy (non-hydrogen) atoms. The lowest BCUT2D eigenvalue weighted by atomic mass is 9.85. The molecule has 2 amide bonds. The molecule has 2 heterocycles. The third-order valence-electron chi connectivity index (χ3n) is 5.89. The van der Waals surface area contributed by atoms with Crippen LogP contribution in [-0.2, 0) is 14.4 Å². The van der Waals surface area contributed by atoms with Gasteiger partial charge in [-0.1, -0.05) is 23.2 Å². The molecule has 13 heteroatoms. The second-order valence-corrected chi connectivity index (χ2v) is 8.90. The van der Waals surface area contributed by atoms with E-state index in [2.05, 4.69) is 10.1 Å². The summed E-state index contributed by atoms with van der Waals surface area (Å²) in [5.74, 6) is -3.23. The van der Waals surface area contributed by atoms with Gasteiger partial charge in [0.2, 0.25) is 11.8 Å². The van der Waals surface area contributed by atoms with E-state index in [0.29, 0.717) is 25.9 Å². The summed E-state index contributed by atoms with van der Waals surface area (Å²) in [5, 5.41) is 2.91. The minimum atomic E-state index is -5.19. The molecule has 2 atom stereocenters. The molecule has 2 aliphatic heterocycles. The van der Waals surface area contributed by atoms with Gasteiger partial charge in [0.1, 0.15) is 11.8 Å². The molecule has 3 N–H and O–H groups in total. The smallest absolute Gasteiger partial charge is 0.419 e. The molecule has 2 saturated heterocycles. The van der Waals surface area contributed by atoms with E-state index in [9.17, 15) is 27.6 Å². The number of likely N-dealkylation sites (tertiary alicyclic amines) is 1. The first-order valence-corrected chi connectivity index (χ1v) is 10.9. The number of halogens is 5. The van der Waals surface area contributed by atoms with Crippen molar-refractivity contribution in [2.75, 3.05) is 33.2 Å². The molecule has 0 spiro atoms. The van der Waals surface area contributed by atoms with Crippen molar-refractivity contribution in [2.24, 2.45) is 11.7 Å². The van der Waals surface area contributed by atoms with E-state index in [-0.39, 0.29) is 46.4 Å². The number of rotatable bonds is 4. The van der Waals surface area contributed by atoms with Crippen molar-refractivity contribution < 1.29 is 32.3 Å². The first-order valence-electron chi connectivity index (χ1n) is 10.2. The van der Waals surface area contributed by atoms with Crippen LogP contribution in [0.2, 0.25) is 10.0 Å². The van der Waals surface area contributed by atoms with Crippen LogP contribution in [-0.4, -0.2) is 73.0 Å². The van der Waals surface area contributed by atoms with Crippen LogP contribution in [0.3, 0.4) is 0 Å². The molecule has 1 aromatic carbocycles. The molecular weight excluding hydrogens is 488 g/mol. The SMILES string of the molecule is CN1C[C@H](C(=O)N2CCC([C@@H](N)c3cc(Cl)c(Cl)cc3OC(=O)C(F)(F)F)CC2)NCC1=O. The number of nitrogens with two attached hydrogens (primary N) is 1. The number of amides is 2. The highest BCUT2D eigenvalue weighted by atomic mass is 35.5. The Morgan fingerprint density at radius 3 is 2.39 bits per heavy atom. The van der Waals surface area contributed by atoms with E-state index in [4.69, 9.17) is 28.9 Å². The van der Waals surface area contributed by atoms with Crippen molar-refractivity contribution in [1.82, 2.24) is 15.1 Å². The molecule has 0 aliphatic carbocycles. The molecule has 8 nitrogen and oxygen atoms in total. The summed E-state index contributed by atoms with van der Waals surface area (Å²) in [6.45, 7) is 1.12. The highest BCUT2D eigenvalue weighted by Crippen LogP contribution is 2.39. The molecule has 0 radical (unpaired) electrons. The third-order valence-corrected chi connectivity index (χ3v) is 6.61. The van der Waals surface area contributed by atoms with Gasteiger partial charge >= 0.3 is 12.1 Å². The Labute approximate surface area is 198 Å². The maximum atomic E-state index is 12.8. The number of nitrogens with zero attached hydrogens (tertiary/aromatic N) is 2. The molecule has 0 saturated carbocycles. The van der Waals surface area contributed by atoms with E-state index in [1.807, 2.05) is 0 Å². The van der Waals surface area contributed by atoms with Gasteiger partial charge in [-0.15, -0.1) is 0 Å². The van der Waals surface area contributed by atoms with E-state index in [1.165, 1.54) is 11.0 Å². The van der Waals surface area contributed by atoms with Crippen molar-refractivity contribution >= 4 is 41.0 Å². The topological polar surface area (TPSA) is 105 Å². The van der Waals surface area contributed by atoms with Crippen LogP contribution in [0, 0.1) is 5.92 Å². The standard InChI is InChI=1S/C20H23Cl2F3N4O4/c1-28-9-14(27-8-16(28)30)18(31)29-4-2-10(3-5-29)17(26)11-6-12(21)13(22)7-15(11)33-19(32)20(23,24)25/h6-7,10,14,17,27H,2-5,8-9,26H2,1H3/t14-,17-/m1/s1. The summed E-state index contributed by atoms with van der Waals surface area (Å²) in [4.78, 5) is 38.9. The number of esters is 1. The van der Waals surface area contributed by atoms with E-state index < -0.39 is 30.0 Å². The lowest BCUT2D eigenvalue weighted by molar-refractivity contribution is -0.189. The quantitative estimate of drug-likeness (QED) is 0.474. The summed E-state index contributed by atoms with van der Waals surface area (Å²) in [7, 11) is 1.63. The summed E-state index contributed by atoms with van der Waals surface area (Å²) < 4.78 is 42.6. The number of nitrogens with one attached hydrogen (secondary N) is 1. The number of hydrogen-bond acceptors (Lipinski definition) is 6. The van der Waals surface area contributed by atoms with Crippen molar-refractivity contribution in [3.05, 3.63) is 27.7 Å². The number of ether oxygens (including phenoxy) is 1. The van der Waals surface area contributed by atoms with Crippen LogP contribution in [0.5, 0.6) is 5.75 Å². The van der Waals surface area contributed by atoms with Crippen molar-refractivity contribution in [2.45, 2.75) is 31.1 Å². The Balaban J connectivity index is 1.68. The van der Waals surface area contributed by atoms with Gasteiger partial charge in [-0.05, 0) is 24.8 Å². The normalized spacial score (nSPS) is 21.2. The third kappa shape index (κ3) is 5.89. The van der Waals surface area contributed by atoms with Gasteiger partial charge in [0, 0.05) is 44.4 Å². The number of carbonyl (C=O) groups excluding carboxylic acids is 3. The minimum Gasteiger partial charge on any atom is -0.419 e. The zero-order valence-corrected chi connectivity index (χ0v) is 19.1. The van der Waals surface area contributed by atoms with Crippen LogP contribution in [0.4, 0.5) is 13.2 Å². The van der Waals surface area contributed by atoms with E-state index in [1.54, 1.807) is 11.9 Å². The Bertz CT molecular complexity index is 939. The fraction of sp³-hybridized carbons (Fsp3) is 0.550. The Kier molecular flexibility index (Phi) is 7.77. The van der Waals surface area contributed by atoms with Crippen LogP contribution in [0.25, 0.3) is 0 Å². The Morgan fingerprint density at radius 2 is 1.82 bits per heavy atom. The van der Waals surface area contributed by atoms with Crippen molar-refractivity contribution in [3.8, 4) is 5.75 Å². The number of piperazine rings is 1. The van der Waals surface area contributed by atoms with Gasteiger partial charge in [-0.2, -0.15) is 13.2 Å². The van der Waals surface area contributed by atoms with Gasteiger partial charge in [0.25, 0.3) is 0 Å². The van der Waals surface area contributed by atoms with Crippen LogP contribution < -0.4 is 15.8 Å². The van der Waals surface area contributed by atoms with Crippen LogP contribution >= 0.6 is 23.2 Å². The monoisotopic (exact) mass is 510 g/mol. The van der Waals surface area contributed by atoms with Gasteiger partial charge in [0.15, 0.2) is 0 Å². The maximum Gasteiger partial charge on any atom is 0.491 e. The van der Waals surface area contributed by atoms with E-state index in [0.717, 1.165) is 6.07 Å². The predicted octanol–water partition coefficient (Wildman–Crippen LogP) is 2.13. The Hall–Kier alpha value is -2.08. The highest BCUT2D eigenvalue weighted by Gasteiger charge is 2.42. The van der Waals surface area contributed by atoms with Crippen LogP contribution in [0.1, 0.15) is 24.4 Å². The number of likely N-dealkylation sites (N-methyl/N-ethyl adjacent to an activating group) is 1. The zero-order chi connectivity index (χ0) is 24.5. The number of alkyl halides is 3. The van der Waals surface area contributed by atoms with Crippen LogP contribution in [0.15, 0.2) is 12.1 Å². The molecule has 0 bridgehead atoms. The van der Waals surface area contributed by atoms with Gasteiger partial charge in [-0.3, -0.25) is 14.9 Å². The first-order chi connectivity index (χ1) is 15.4. The second-order valence-electron chi connectivity index (χ2n) is 8.09. The number of piperidine rings is 1. The number of hydrogen-bond donors (Lipinski definition) is 2. The fourth-order valence-corrected chi connectivity index (χ4v) is 4.28. The summed E-state index contributed by atoms with van der Waals surface area (Å²) in [6, 6.07) is 1.03. The maximum absolute atomic E-state index is 12.8. The van der Waals surface area contributed by atoms with Gasteiger partial charge in [-0.25, -0.2) is 4.79 Å². The zero-order valence-electron chi connectivity index (χ0n) is 17.6. The molecule has 2 aliphatic rings. The van der Waals surface area contributed by atoms with E-state index >= 15 is 0 Å². The highest BCUT2D eigenvalue weighted by molar-refractivity contribution is 6.42. The second kappa shape index (κ2) is 10.0. The minimum absolute atomic E-state index is 0.0589. The molecule has 2 fully saturated rings. The lowest BCUT2D eigenvalue weighted by Gasteiger charge is -2.38. The summed E-state index contributed by atoms with van der Waals surface area (Å²) in [6.07, 6.45) is -4.24. The molecule has 3 rings (SSSR count). The average molecular weight is 511 g/mol. The summed E-state index contributed by atoms with van der Waals surface area (Å²) in [5.41, 5.74) is 6.46. The lowest BCUT2D eigenvalue weighted by Crippen LogP contribution is -2.59.